The van der Waals surface area contributed by atoms with Gasteiger partial charge in [-0.15, -0.1) is 0 Å². The van der Waals surface area contributed by atoms with Crippen LogP contribution in [-0.4, -0.2) is 35.8 Å². The van der Waals surface area contributed by atoms with E-state index < -0.39 is 0 Å². The first-order valence-corrected chi connectivity index (χ1v) is 8.69. The number of nitrogens with zero attached hydrogens (tertiary/aromatic N) is 1. The first-order chi connectivity index (χ1) is 10.5. The molecule has 0 unspecified atom stereocenters. The Morgan fingerprint density at radius 1 is 1.32 bits per heavy atom. The van der Waals surface area contributed by atoms with Crippen molar-refractivity contribution in [1.82, 2.24) is 10.2 Å². The summed E-state index contributed by atoms with van der Waals surface area (Å²) in [6.07, 6.45) is 3.36. The molecule has 2 heterocycles. The Balaban J connectivity index is 1.82. The molecule has 2 rings (SSSR count). The highest BCUT2D eigenvalue weighted by atomic mass is 79.9. The minimum atomic E-state index is -0.199. The third-order valence-electron chi connectivity index (χ3n) is 4.27. The molecule has 0 bridgehead atoms. The van der Waals surface area contributed by atoms with Gasteiger partial charge < -0.3 is 14.6 Å². The van der Waals surface area contributed by atoms with Crippen molar-refractivity contribution in [3.05, 3.63) is 22.6 Å². The van der Waals surface area contributed by atoms with Crippen molar-refractivity contribution in [3.63, 3.8) is 0 Å². The minimum absolute atomic E-state index is 0.0992. The number of hydrogen-bond acceptors (Lipinski definition) is 3. The molecule has 1 N–H and O–H groups in total. The van der Waals surface area contributed by atoms with Gasteiger partial charge in [0.05, 0.1) is 0 Å². The lowest BCUT2D eigenvalue weighted by atomic mass is 9.98. The Morgan fingerprint density at radius 3 is 2.45 bits per heavy atom. The van der Waals surface area contributed by atoms with Gasteiger partial charge in [-0.25, -0.2) is 0 Å². The highest BCUT2D eigenvalue weighted by Crippen LogP contribution is 2.18. The standard InChI is InChI=1S/C16H23BrN2O3/c1-3-11(4-2)16(21)19-9-7-12(8-10-19)18-15(20)13-5-6-14(17)22-13/h5-6,11-12H,3-4,7-10H2,1-2H3,(H,18,20). The van der Waals surface area contributed by atoms with Crippen molar-refractivity contribution in [1.29, 1.82) is 0 Å². The van der Waals surface area contributed by atoms with Crippen LogP contribution in [0.15, 0.2) is 21.2 Å². The van der Waals surface area contributed by atoms with Crippen LogP contribution in [0.1, 0.15) is 50.1 Å². The van der Waals surface area contributed by atoms with Gasteiger partial charge in [-0.1, -0.05) is 13.8 Å². The van der Waals surface area contributed by atoms with Gasteiger partial charge in [0, 0.05) is 25.0 Å². The van der Waals surface area contributed by atoms with E-state index in [1.165, 1.54) is 0 Å². The molecule has 1 fully saturated rings. The summed E-state index contributed by atoms with van der Waals surface area (Å²) in [5.74, 6) is 0.495. The van der Waals surface area contributed by atoms with Crippen LogP contribution >= 0.6 is 15.9 Å². The molecule has 0 spiro atoms. The van der Waals surface area contributed by atoms with Crippen molar-refractivity contribution in [2.45, 2.75) is 45.6 Å². The van der Waals surface area contributed by atoms with E-state index >= 15 is 0 Å². The Morgan fingerprint density at radius 2 is 1.95 bits per heavy atom. The molecule has 1 aromatic rings. The molecule has 1 aromatic heterocycles. The van der Waals surface area contributed by atoms with Gasteiger partial charge in [-0.2, -0.15) is 0 Å². The fourth-order valence-electron chi connectivity index (χ4n) is 2.83. The normalized spacial score (nSPS) is 16.1. The van der Waals surface area contributed by atoms with Gasteiger partial charge in [0.15, 0.2) is 10.4 Å². The molecular weight excluding hydrogens is 348 g/mol. The number of nitrogens with one attached hydrogen (secondary N) is 1. The third kappa shape index (κ3) is 4.12. The van der Waals surface area contributed by atoms with Gasteiger partial charge in [0.25, 0.3) is 5.91 Å². The molecule has 2 amide bonds. The molecule has 122 valence electrons. The lowest BCUT2D eigenvalue weighted by Gasteiger charge is -2.34. The second-order valence-electron chi connectivity index (χ2n) is 5.69. The summed E-state index contributed by atoms with van der Waals surface area (Å²) < 4.78 is 5.79. The fraction of sp³-hybridized carbons (Fsp3) is 0.625. The molecule has 5 nitrogen and oxygen atoms in total. The molecule has 0 aromatic carbocycles. The van der Waals surface area contributed by atoms with Crippen molar-refractivity contribution in [2.75, 3.05) is 13.1 Å². The van der Waals surface area contributed by atoms with Crippen molar-refractivity contribution in [3.8, 4) is 0 Å². The van der Waals surface area contributed by atoms with Gasteiger partial charge in [-0.3, -0.25) is 9.59 Å². The van der Waals surface area contributed by atoms with E-state index in [0.29, 0.717) is 23.5 Å². The van der Waals surface area contributed by atoms with E-state index in [-0.39, 0.29) is 23.8 Å². The van der Waals surface area contributed by atoms with Crippen LogP contribution in [0.2, 0.25) is 0 Å². The maximum Gasteiger partial charge on any atom is 0.287 e. The van der Waals surface area contributed by atoms with E-state index in [4.69, 9.17) is 4.42 Å². The highest BCUT2D eigenvalue weighted by molar-refractivity contribution is 9.10. The number of carbonyl (C=O) groups is 2. The molecule has 0 aliphatic carbocycles. The zero-order valence-electron chi connectivity index (χ0n) is 13.1. The van der Waals surface area contributed by atoms with Crippen LogP contribution in [-0.2, 0) is 4.79 Å². The van der Waals surface area contributed by atoms with E-state index in [1.54, 1.807) is 12.1 Å². The van der Waals surface area contributed by atoms with Gasteiger partial charge in [-0.05, 0) is 53.7 Å². The number of carbonyl (C=O) groups excluding carboxylic acids is 2. The molecule has 0 saturated carbocycles. The number of piperidine rings is 1. The van der Waals surface area contributed by atoms with Crippen LogP contribution in [0.25, 0.3) is 0 Å². The Hall–Kier alpha value is -1.30. The third-order valence-corrected chi connectivity index (χ3v) is 4.70. The molecular formula is C16H23BrN2O3. The zero-order chi connectivity index (χ0) is 16.1. The van der Waals surface area contributed by atoms with E-state index in [1.807, 2.05) is 4.90 Å². The monoisotopic (exact) mass is 370 g/mol. The summed E-state index contributed by atoms with van der Waals surface area (Å²) in [5, 5.41) is 2.97. The average molecular weight is 371 g/mol. The second-order valence-corrected chi connectivity index (χ2v) is 6.47. The lowest BCUT2D eigenvalue weighted by molar-refractivity contribution is -0.136. The number of likely N-dealkylation sites (tertiary alicyclic amines) is 1. The largest absolute Gasteiger partial charge is 0.444 e. The number of amides is 2. The predicted molar refractivity (Wildman–Crippen MR) is 87.5 cm³/mol. The Bertz CT molecular complexity index is 517. The predicted octanol–water partition coefficient (Wildman–Crippen LogP) is 3.20. The van der Waals surface area contributed by atoms with Gasteiger partial charge in [0.1, 0.15) is 0 Å². The van der Waals surface area contributed by atoms with Gasteiger partial charge >= 0.3 is 0 Å². The molecule has 1 aliphatic heterocycles. The van der Waals surface area contributed by atoms with E-state index in [9.17, 15) is 9.59 Å². The number of hydrogen-bond donors (Lipinski definition) is 1. The molecule has 6 heteroatoms. The van der Waals surface area contributed by atoms with Crippen molar-refractivity contribution >= 4 is 27.7 Å². The van der Waals surface area contributed by atoms with Crippen LogP contribution in [0.3, 0.4) is 0 Å². The average Bonchev–Trinajstić information content (AvgIpc) is 2.96. The molecule has 1 aliphatic rings. The Kier molecular flexibility index (Phi) is 6.06. The maximum absolute atomic E-state index is 12.3. The van der Waals surface area contributed by atoms with E-state index in [2.05, 4.69) is 35.1 Å². The first kappa shape index (κ1) is 17.1. The summed E-state index contributed by atoms with van der Waals surface area (Å²) >= 11 is 3.19. The van der Waals surface area contributed by atoms with Crippen molar-refractivity contribution in [2.24, 2.45) is 5.92 Å². The first-order valence-electron chi connectivity index (χ1n) is 7.90. The summed E-state index contributed by atoms with van der Waals surface area (Å²) in [6, 6.07) is 3.44. The molecule has 1 saturated heterocycles. The maximum atomic E-state index is 12.3. The Labute approximate surface area is 139 Å². The quantitative estimate of drug-likeness (QED) is 0.865. The molecule has 0 radical (unpaired) electrons. The summed E-state index contributed by atoms with van der Waals surface area (Å²) in [4.78, 5) is 26.3. The zero-order valence-corrected chi connectivity index (χ0v) is 14.7. The lowest BCUT2D eigenvalue weighted by Crippen LogP contribution is -2.48. The summed E-state index contributed by atoms with van der Waals surface area (Å²) in [6.45, 7) is 5.53. The van der Waals surface area contributed by atoms with Crippen LogP contribution < -0.4 is 5.32 Å². The van der Waals surface area contributed by atoms with Crippen LogP contribution in [0, 0.1) is 5.92 Å². The molecule has 22 heavy (non-hydrogen) atoms. The highest BCUT2D eigenvalue weighted by Gasteiger charge is 2.27. The number of rotatable bonds is 5. The SMILES string of the molecule is CCC(CC)C(=O)N1CCC(NC(=O)c2ccc(Br)o2)CC1. The molecule has 0 atom stereocenters. The minimum Gasteiger partial charge on any atom is -0.444 e. The number of halogens is 1. The van der Waals surface area contributed by atoms with Crippen molar-refractivity contribution < 1.29 is 14.0 Å². The van der Waals surface area contributed by atoms with Gasteiger partial charge in [0.2, 0.25) is 5.91 Å². The fourth-order valence-corrected chi connectivity index (χ4v) is 3.14. The summed E-state index contributed by atoms with van der Waals surface area (Å²) in [7, 11) is 0. The topological polar surface area (TPSA) is 62.6 Å². The second kappa shape index (κ2) is 7.81. The van der Waals surface area contributed by atoms with Crippen LogP contribution in [0.5, 0.6) is 0 Å². The summed E-state index contributed by atoms with van der Waals surface area (Å²) in [5.41, 5.74) is 0. The number of furan rings is 1. The van der Waals surface area contributed by atoms with E-state index in [0.717, 1.165) is 25.7 Å². The van der Waals surface area contributed by atoms with Crippen LogP contribution in [0.4, 0.5) is 0 Å². The smallest absolute Gasteiger partial charge is 0.287 e.